The highest BCUT2D eigenvalue weighted by molar-refractivity contribution is 6.03. The molecule has 0 fully saturated rings. The zero-order chi connectivity index (χ0) is 17.3. The predicted octanol–water partition coefficient (Wildman–Crippen LogP) is 2.27. The Morgan fingerprint density at radius 3 is 2.83 bits per heavy atom. The summed E-state index contributed by atoms with van der Waals surface area (Å²) in [5, 5.41) is 0. The molecule has 1 atom stereocenters. The van der Waals surface area contributed by atoms with Gasteiger partial charge in [0.1, 0.15) is 5.82 Å². The number of ether oxygens (including phenoxy) is 1. The number of carbonyl (C=O) groups excluding carboxylic acids is 2. The third-order valence-corrected chi connectivity index (χ3v) is 4.51. The van der Waals surface area contributed by atoms with Crippen LogP contribution in [0.4, 0.5) is 5.69 Å². The number of H-pyrrole nitrogens is 1. The molecule has 1 aliphatic rings. The van der Waals surface area contributed by atoms with Gasteiger partial charge in [-0.15, -0.1) is 0 Å². The Morgan fingerprint density at radius 2 is 2.08 bits per heavy atom. The first-order valence-corrected chi connectivity index (χ1v) is 8.00. The average molecular weight is 327 g/mol. The van der Waals surface area contributed by atoms with E-state index >= 15 is 0 Å². The number of aromatic nitrogens is 2. The monoisotopic (exact) mass is 327 g/mol. The summed E-state index contributed by atoms with van der Waals surface area (Å²) in [7, 11) is 3.04. The molecular weight excluding hydrogens is 306 g/mol. The molecule has 3 rings (SSSR count). The van der Waals surface area contributed by atoms with Gasteiger partial charge in [-0.25, -0.2) is 9.78 Å². The fraction of sp³-hybridized carbons (Fsp3) is 0.389. The standard InChI is InChI=1S/C18H21N3O3/c1-11-19-14-9-8-12(10-15(14)20-11)17(22)21(2)16-7-5-4-6-13(16)18(23)24-3/h4-7,12H,8-10H2,1-3H3,(H,19,20). The number of aryl methyl sites for hydroxylation is 2. The van der Waals surface area contributed by atoms with Crippen molar-refractivity contribution in [3.05, 3.63) is 47.0 Å². The van der Waals surface area contributed by atoms with E-state index in [1.807, 2.05) is 13.0 Å². The third-order valence-electron chi connectivity index (χ3n) is 4.51. The van der Waals surface area contributed by atoms with Crippen LogP contribution in [0.2, 0.25) is 0 Å². The van der Waals surface area contributed by atoms with Gasteiger partial charge in [0.25, 0.3) is 0 Å². The molecule has 1 heterocycles. The van der Waals surface area contributed by atoms with Crippen molar-refractivity contribution in [2.24, 2.45) is 5.92 Å². The second-order valence-electron chi connectivity index (χ2n) is 6.09. The Labute approximate surface area is 140 Å². The molecular formula is C18H21N3O3. The number of nitrogens with one attached hydrogen (secondary N) is 1. The fourth-order valence-corrected chi connectivity index (χ4v) is 3.28. The molecule has 2 aromatic rings. The van der Waals surface area contributed by atoms with Crippen LogP contribution < -0.4 is 4.90 Å². The van der Waals surface area contributed by atoms with Crippen molar-refractivity contribution in [2.75, 3.05) is 19.1 Å². The van der Waals surface area contributed by atoms with E-state index in [1.165, 1.54) is 7.11 Å². The molecule has 1 amide bonds. The minimum atomic E-state index is -0.444. The predicted molar refractivity (Wildman–Crippen MR) is 90.0 cm³/mol. The number of hydrogen-bond acceptors (Lipinski definition) is 4. The average Bonchev–Trinajstić information content (AvgIpc) is 2.98. The highest BCUT2D eigenvalue weighted by Crippen LogP contribution is 2.28. The maximum Gasteiger partial charge on any atom is 0.339 e. The minimum Gasteiger partial charge on any atom is -0.465 e. The molecule has 6 nitrogen and oxygen atoms in total. The number of aromatic amines is 1. The zero-order valence-electron chi connectivity index (χ0n) is 14.1. The van der Waals surface area contributed by atoms with Gasteiger partial charge >= 0.3 is 5.97 Å². The number of hydrogen-bond donors (Lipinski definition) is 1. The van der Waals surface area contributed by atoms with Crippen LogP contribution in [0.25, 0.3) is 0 Å². The summed E-state index contributed by atoms with van der Waals surface area (Å²) < 4.78 is 4.81. The van der Waals surface area contributed by atoms with Gasteiger partial charge < -0.3 is 14.6 Å². The molecule has 0 saturated heterocycles. The number of methoxy groups -OCH3 is 1. The third kappa shape index (κ3) is 2.91. The second-order valence-corrected chi connectivity index (χ2v) is 6.09. The first-order chi connectivity index (χ1) is 11.5. The van der Waals surface area contributed by atoms with Crippen LogP contribution in [-0.4, -0.2) is 36.0 Å². The van der Waals surface area contributed by atoms with E-state index in [4.69, 9.17) is 4.74 Å². The molecule has 0 spiro atoms. The van der Waals surface area contributed by atoms with E-state index in [-0.39, 0.29) is 11.8 Å². The van der Waals surface area contributed by atoms with Crippen LogP contribution in [0.5, 0.6) is 0 Å². The van der Waals surface area contributed by atoms with Gasteiger partial charge in [0.2, 0.25) is 5.91 Å². The summed E-state index contributed by atoms with van der Waals surface area (Å²) in [5.74, 6) is 0.329. The number of esters is 1. The molecule has 1 aromatic heterocycles. The topological polar surface area (TPSA) is 75.3 Å². The maximum atomic E-state index is 12.9. The molecule has 1 aliphatic carbocycles. The van der Waals surface area contributed by atoms with Crippen molar-refractivity contribution in [3.8, 4) is 0 Å². The summed E-state index contributed by atoms with van der Waals surface area (Å²) in [6, 6.07) is 7.00. The SMILES string of the molecule is COC(=O)c1ccccc1N(C)C(=O)C1CCc2nc(C)[nH]c2C1. The highest BCUT2D eigenvalue weighted by atomic mass is 16.5. The summed E-state index contributed by atoms with van der Waals surface area (Å²) in [6.45, 7) is 1.92. The second kappa shape index (κ2) is 6.47. The van der Waals surface area contributed by atoms with Crippen LogP contribution in [0, 0.1) is 12.8 Å². The summed E-state index contributed by atoms with van der Waals surface area (Å²) >= 11 is 0. The first kappa shape index (κ1) is 16.2. The van der Waals surface area contributed by atoms with Crippen LogP contribution in [0.15, 0.2) is 24.3 Å². The largest absolute Gasteiger partial charge is 0.465 e. The molecule has 0 bridgehead atoms. The molecule has 0 aliphatic heterocycles. The maximum absolute atomic E-state index is 12.9. The molecule has 126 valence electrons. The summed E-state index contributed by atoms with van der Waals surface area (Å²) in [5.41, 5.74) is 3.08. The lowest BCUT2D eigenvalue weighted by atomic mass is 9.88. The van der Waals surface area contributed by atoms with E-state index in [2.05, 4.69) is 9.97 Å². The van der Waals surface area contributed by atoms with Gasteiger partial charge in [0.15, 0.2) is 0 Å². The lowest BCUT2D eigenvalue weighted by Gasteiger charge is -2.27. The van der Waals surface area contributed by atoms with Crippen molar-refractivity contribution >= 4 is 17.6 Å². The molecule has 6 heteroatoms. The van der Waals surface area contributed by atoms with Crippen molar-refractivity contribution in [3.63, 3.8) is 0 Å². The number of para-hydroxylation sites is 1. The molecule has 0 radical (unpaired) electrons. The number of anilines is 1. The van der Waals surface area contributed by atoms with Crippen molar-refractivity contribution in [1.29, 1.82) is 0 Å². The van der Waals surface area contributed by atoms with Crippen molar-refractivity contribution in [1.82, 2.24) is 9.97 Å². The lowest BCUT2D eigenvalue weighted by molar-refractivity contribution is -0.122. The number of imidazole rings is 1. The number of rotatable bonds is 3. The molecule has 0 saturated carbocycles. The van der Waals surface area contributed by atoms with E-state index < -0.39 is 5.97 Å². The smallest absolute Gasteiger partial charge is 0.339 e. The van der Waals surface area contributed by atoms with Gasteiger partial charge in [-0.3, -0.25) is 4.79 Å². The quantitative estimate of drug-likeness (QED) is 0.878. The van der Waals surface area contributed by atoms with Crippen molar-refractivity contribution in [2.45, 2.75) is 26.2 Å². The van der Waals surface area contributed by atoms with E-state index in [0.717, 1.165) is 30.1 Å². The summed E-state index contributed by atoms with van der Waals surface area (Å²) in [4.78, 5) is 34.1. The first-order valence-electron chi connectivity index (χ1n) is 8.00. The fourth-order valence-electron chi connectivity index (χ4n) is 3.28. The van der Waals surface area contributed by atoms with Crippen LogP contribution in [0.3, 0.4) is 0 Å². The number of nitrogens with zero attached hydrogens (tertiary/aromatic N) is 2. The molecule has 1 N–H and O–H groups in total. The molecule has 24 heavy (non-hydrogen) atoms. The normalized spacial score (nSPS) is 16.4. The number of benzene rings is 1. The number of fused-ring (bicyclic) bond motifs is 1. The van der Waals surface area contributed by atoms with Gasteiger partial charge in [-0.05, 0) is 31.9 Å². The van der Waals surface area contributed by atoms with Gasteiger partial charge in [-0.2, -0.15) is 0 Å². The van der Waals surface area contributed by atoms with Crippen LogP contribution in [0.1, 0.15) is 34.0 Å². The Bertz CT molecular complexity index is 782. The Hall–Kier alpha value is -2.63. The van der Waals surface area contributed by atoms with Crippen LogP contribution >= 0.6 is 0 Å². The van der Waals surface area contributed by atoms with E-state index in [1.54, 1.807) is 30.1 Å². The highest BCUT2D eigenvalue weighted by Gasteiger charge is 2.30. The Morgan fingerprint density at radius 1 is 1.33 bits per heavy atom. The zero-order valence-corrected chi connectivity index (χ0v) is 14.1. The van der Waals surface area contributed by atoms with Gasteiger partial charge in [0, 0.05) is 25.1 Å². The van der Waals surface area contributed by atoms with Gasteiger partial charge in [-0.1, -0.05) is 12.1 Å². The minimum absolute atomic E-state index is 0.00394. The lowest BCUT2D eigenvalue weighted by Crippen LogP contribution is -2.36. The Kier molecular flexibility index (Phi) is 4.38. The van der Waals surface area contributed by atoms with Crippen molar-refractivity contribution < 1.29 is 14.3 Å². The van der Waals surface area contributed by atoms with E-state index in [0.29, 0.717) is 17.7 Å². The number of amides is 1. The molecule has 1 aromatic carbocycles. The summed E-state index contributed by atoms with van der Waals surface area (Å²) in [6.07, 6.45) is 2.21. The Balaban J connectivity index is 1.82. The van der Waals surface area contributed by atoms with E-state index in [9.17, 15) is 9.59 Å². The molecule has 1 unspecified atom stereocenters. The van der Waals surface area contributed by atoms with Gasteiger partial charge in [0.05, 0.1) is 24.1 Å². The van der Waals surface area contributed by atoms with Crippen LogP contribution in [-0.2, 0) is 22.4 Å². The number of carbonyl (C=O) groups is 2.